The minimum absolute atomic E-state index is 0.0171. The number of hydrogen-bond acceptors (Lipinski definition) is 4. The first kappa shape index (κ1) is 12.5. The summed E-state index contributed by atoms with van der Waals surface area (Å²) in [5.74, 6) is 0.276. The number of aromatic nitrogens is 2. The summed E-state index contributed by atoms with van der Waals surface area (Å²) in [5.41, 5.74) is 0. The molecule has 2 aromatic rings. The van der Waals surface area contributed by atoms with Crippen LogP contribution in [0.2, 0.25) is 0 Å². The van der Waals surface area contributed by atoms with Crippen LogP contribution in [0, 0.1) is 0 Å². The Morgan fingerprint density at radius 3 is 2.26 bits per heavy atom. The summed E-state index contributed by atoms with van der Waals surface area (Å²) in [6.45, 7) is 0. The van der Waals surface area contributed by atoms with E-state index in [0.29, 0.717) is 4.90 Å². The Labute approximate surface area is 108 Å². The van der Waals surface area contributed by atoms with Gasteiger partial charge in [0.25, 0.3) is 0 Å². The van der Waals surface area contributed by atoms with Crippen molar-refractivity contribution < 1.29 is 14.7 Å². The molecule has 7 nitrogen and oxygen atoms in total. The molecule has 0 saturated carbocycles. The number of rotatable bonds is 2. The number of carbonyl (C=O) groups is 2. The van der Waals surface area contributed by atoms with Crippen molar-refractivity contribution in [3.8, 4) is 0 Å². The van der Waals surface area contributed by atoms with Crippen molar-refractivity contribution >= 4 is 23.8 Å². The molecule has 0 atom stereocenters. The van der Waals surface area contributed by atoms with Gasteiger partial charge in [-0.2, -0.15) is 4.90 Å². The Bertz CT molecular complexity index is 574. The van der Waals surface area contributed by atoms with Gasteiger partial charge in [-0.05, 0) is 24.3 Å². The number of imide groups is 1. The number of carboxylic acid groups (broad SMARTS) is 1. The molecule has 0 saturated heterocycles. The maximum Gasteiger partial charge on any atom is 0.421 e. The van der Waals surface area contributed by atoms with Gasteiger partial charge in [0.2, 0.25) is 0 Å². The molecule has 0 spiro atoms. The van der Waals surface area contributed by atoms with Crippen LogP contribution in [-0.2, 0) is 0 Å². The fourth-order valence-corrected chi connectivity index (χ4v) is 1.38. The van der Waals surface area contributed by atoms with E-state index in [0.717, 1.165) is 0 Å². The highest BCUT2D eigenvalue weighted by Crippen LogP contribution is 2.12. The van der Waals surface area contributed by atoms with Crippen LogP contribution < -0.4 is 10.2 Å². The smallest absolute Gasteiger partial charge is 0.421 e. The number of urea groups is 1. The molecule has 3 amide bonds. The Morgan fingerprint density at radius 1 is 1.05 bits per heavy atom. The Kier molecular flexibility index (Phi) is 3.67. The van der Waals surface area contributed by atoms with Gasteiger partial charge in [0.15, 0.2) is 0 Å². The Morgan fingerprint density at radius 2 is 1.74 bits per heavy atom. The molecule has 0 aliphatic heterocycles. The molecule has 19 heavy (non-hydrogen) atoms. The van der Waals surface area contributed by atoms with E-state index in [9.17, 15) is 9.59 Å². The third-order valence-electron chi connectivity index (χ3n) is 2.17. The van der Waals surface area contributed by atoms with Gasteiger partial charge in [-0.15, -0.1) is 0 Å². The molecular formula is C12H10N4O3. The number of hydrogen-bond donors (Lipinski definition) is 2. The molecule has 0 aromatic carbocycles. The van der Waals surface area contributed by atoms with Crippen molar-refractivity contribution in [1.29, 1.82) is 0 Å². The first-order valence-electron chi connectivity index (χ1n) is 5.34. The molecule has 2 aromatic heterocycles. The van der Waals surface area contributed by atoms with E-state index in [1.807, 2.05) is 0 Å². The second-order valence-electron chi connectivity index (χ2n) is 3.45. The normalized spacial score (nSPS) is 9.68. The highest BCUT2D eigenvalue weighted by atomic mass is 16.4. The maximum atomic E-state index is 11.9. The third kappa shape index (κ3) is 3.03. The number of amides is 3. The van der Waals surface area contributed by atoms with Gasteiger partial charge in [0.1, 0.15) is 11.6 Å². The summed E-state index contributed by atoms with van der Waals surface area (Å²) in [5, 5.41) is 11.5. The van der Waals surface area contributed by atoms with Gasteiger partial charge in [0, 0.05) is 12.4 Å². The van der Waals surface area contributed by atoms with Crippen LogP contribution in [0.25, 0.3) is 0 Å². The third-order valence-corrected chi connectivity index (χ3v) is 2.17. The number of anilines is 2. The molecule has 96 valence electrons. The van der Waals surface area contributed by atoms with Crippen LogP contribution in [0.5, 0.6) is 0 Å². The summed E-state index contributed by atoms with van der Waals surface area (Å²) in [6.07, 6.45) is 1.47. The zero-order chi connectivity index (χ0) is 13.7. The zero-order valence-electron chi connectivity index (χ0n) is 9.72. The highest BCUT2D eigenvalue weighted by molar-refractivity contribution is 6.14. The summed E-state index contributed by atoms with van der Waals surface area (Å²) in [7, 11) is 0. The second kappa shape index (κ2) is 5.58. The predicted molar refractivity (Wildman–Crippen MR) is 68.0 cm³/mol. The molecule has 0 aliphatic rings. The molecule has 2 N–H and O–H groups in total. The summed E-state index contributed by atoms with van der Waals surface area (Å²) >= 11 is 0. The van der Waals surface area contributed by atoms with Gasteiger partial charge >= 0.3 is 12.1 Å². The van der Waals surface area contributed by atoms with E-state index in [1.165, 1.54) is 18.5 Å². The first-order chi connectivity index (χ1) is 9.18. The predicted octanol–water partition coefficient (Wildman–Crippen LogP) is 2.19. The van der Waals surface area contributed by atoms with Gasteiger partial charge in [-0.1, -0.05) is 12.1 Å². The average Bonchev–Trinajstić information content (AvgIpc) is 2.40. The fraction of sp³-hybridized carbons (Fsp3) is 0. The summed E-state index contributed by atoms with van der Waals surface area (Å²) in [6, 6.07) is 8.71. The highest BCUT2D eigenvalue weighted by Gasteiger charge is 2.24. The number of pyridine rings is 2. The molecule has 7 heteroatoms. The molecule has 0 fully saturated rings. The van der Waals surface area contributed by atoms with Crippen LogP contribution >= 0.6 is 0 Å². The number of nitrogens with zero attached hydrogens (tertiary/aromatic N) is 3. The van der Waals surface area contributed by atoms with Gasteiger partial charge in [-0.3, -0.25) is 5.32 Å². The summed E-state index contributed by atoms with van der Waals surface area (Å²) in [4.78, 5) is 31.3. The standard InChI is InChI=1S/C12H10N4O3/c17-11(15-9-5-1-3-7-13-9)16(12(18)19)10-6-2-4-8-14-10/h1-8H,(H,18,19)(H,13,15,17). The monoisotopic (exact) mass is 258 g/mol. The lowest BCUT2D eigenvalue weighted by atomic mass is 10.4. The van der Waals surface area contributed by atoms with Crippen molar-refractivity contribution in [3.63, 3.8) is 0 Å². The van der Waals surface area contributed by atoms with Crippen molar-refractivity contribution in [2.45, 2.75) is 0 Å². The van der Waals surface area contributed by atoms with E-state index in [1.54, 1.807) is 30.3 Å². The lowest BCUT2D eigenvalue weighted by Gasteiger charge is -2.16. The van der Waals surface area contributed by atoms with Gasteiger partial charge < -0.3 is 5.11 Å². The Balaban J connectivity index is 2.21. The van der Waals surface area contributed by atoms with Crippen LogP contribution in [-0.4, -0.2) is 27.2 Å². The largest absolute Gasteiger partial charge is 0.464 e. The molecule has 2 rings (SSSR count). The average molecular weight is 258 g/mol. The van der Waals surface area contributed by atoms with E-state index in [4.69, 9.17) is 5.11 Å². The van der Waals surface area contributed by atoms with Crippen LogP contribution in [0.3, 0.4) is 0 Å². The van der Waals surface area contributed by atoms with E-state index >= 15 is 0 Å². The molecule has 2 heterocycles. The molecule has 0 unspecified atom stereocenters. The quantitative estimate of drug-likeness (QED) is 0.860. The topological polar surface area (TPSA) is 95.4 Å². The maximum absolute atomic E-state index is 11.9. The van der Waals surface area contributed by atoms with Crippen molar-refractivity contribution in [2.75, 3.05) is 10.2 Å². The Hall–Kier alpha value is -2.96. The van der Waals surface area contributed by atoms with Crippen molar-refractivity contribution in [2.24, 2.45) is 0 Å². The van der Waals surface area contributed by atoms with Crippen molar-refractivity contribution in [1.82, 2.24) is 9.97 Å². The number of nitrogens with one attached hydrogen (secondary N) is 1. The SMILES string of the molecule is O=C(O)N(C(=O)Nc1ccccn1)c1ccccn1. The van der Waals surface area contributed by atoms with Crippen molar-refractivity contribution in [3.05, 3.63) is 48.8 Å². The first-order valence-corrected chi connectivity index (χ1v) is 5.34. The number of carbonyl (C=O) groups excluding carboxylic acids is 1. The second-order valence-corrected chi connectivity index (χ2v) is 3.45. The van der Waals surface area contributed by atoms with Crippen LogP contribution in [0.15, 0.2) is 48.8 Å². The van der Waals surface area contributed by atoms with Crippen LogP contribution in [0.1, 0.15) is 0 Å². The van der Waals surface area contributed by atoms with E-state index in [-0.39, 0.29) is 11.6 Å². The van der Waals surface area contributed by atoms with E-state index < -0.39 is 12.1 Å². The minimum atomic E-state index is -1.42. The van der Waals surface area contributed by atoms with Crippen LogP contribution in [0.4, 0.5) is 21.2 Å². The lowest BCUT2D eigenvalue weighted by molar-refractivity contribution is 0.201. The molecule has 0 aliphatic carbocycles. The minimum Gasteiger partial charge on any atom is -0.464 e. The van der Waals surface area contributed by atoms with E-state index in [2.05, 4.69) is 15.3 Å². The summed E-state index contributed by atoms with van der Waals surface area (Å²) < 4.78 is 0. The molecular weight excluding hydrogens is 248 g/mol. The molecule has 0 radical (unpaired) electrons. The van der Waals surface area contributed by atoms with Gasteiger partial charge in [-0.25, -0.2) is 19.6 Å². The zero-order valence-corrected chi connectivity index (χ0v) is 9.72. The lowest BCUT2D eigenvalue weighted by Crippen LogP contribution is -2.39. The fourth-order valence-electron chi connectivity index (χ4n) is 1.38. The molecule has 0 bridgehead atoms. The van der Waals surface area contributed by atoms with Gasteiger partial charge in [0.05, 0.1) is 0 Å².